The molecule has 0 amide bonds. The van der Waals surface area contributed by atoms with Gasteiger partial charge in [0.25, 0.3) is 0 Å². The van der Waals surface area contributed by atoms with Gasteiger partial charge in [0, 0.05) is 16.6 Å². The summed E-state index contributed by atoms with van der Waals surface area (Å²) < 4.78 is 0. The number of aromatic nitrogens is 1. The molecule has 0 spiro atoms. The summed E-state index contributed by atoms with van der Waals surface area (Å²) in [4.78, 5) is 4.27. The van der Waals surface area contributed by atoms with Gasteiger partial charge in [-0.25, -0.2) is 0 Å². The molecule has 0 bridgehead atoms. The first-order valence-electron chi connectivity index (χ1n) is 6.42. The van der Waals surface area contributed by atoms with Crippen LogP contribution in [0.2, 0.25) is 15.1 Å². The zero-order valence-corrected chi connectivity index (χ0v) is 13.5. The van der Waals surface area contributed by atoms with Crippen molar-refractivity contribution in [3.63, 3.8) is 0 Å². The number of hydrazone groups is 1. The summed E-state index contributed by atoms with van der Waals surface area (Å²) in [6.07, 6.45) is 3.45. The second kappa shape index (κ2) is 6.53. The molecule has 0 saturated heterocycles. The number of benzene rings is 2. The van der Waals surface area contributed by atoms with E-state index in [2.05, 4.69) is 15.5 Å². The lowest BCUT2D eigenvalue weighted by atomic mass is 10.1. The number of nitrogens with zero attached hydrogens (tertiary/aromatic N) is 2. The molecule has 0 aliphatic heterocycles. The van der Waals surface area contributed by atoms with Crippen molar-refractivity contribution in [2.24, 2.45) is 5.10 Å². The van der Waals surface area contributed by atoms with E-state index in [0.29, 0.717) is 20.8 Å². The van der Waals surface area contributed by atoms with Crippen LogP contribution >= 0.6 is 34.8 Å². The largest absolute Gasteiger partial charge is 0.275 e. The lowest BCUT2D eigenvalue weighted by molar-refractivity contribution is 1.35. The molecular weight excluding hydrogens is 341 g/mol. The van der Waals surface area contributed by atoms with Gasteiger partial charge in [0.15, 0.2) is 0 Å². The minimum absolute atomic E-state index is 0.414. The summed E-state index contributed by atoms with van der Waals surface area (Å²) in [6.45, 7) is 0. The molecule has 1 aromatic heterocycles. The Kier molecular flexibility index (Phi) is 4.48. The highest BCUT2D eigenvalue weighted by Crippen LogP contribution is 2.33. The highest BCUT2D eigenvalue weighted by molar-refractivity contribution is 6.41. The van der Waals surface area contributed by atoms with Crippen molar-refractivity contribution in [1.82, 2.24) is 4.98 Å². The molecule has 3 nitrogen and oxygen atoms in total. The minimum Gasteiger partial charge on any atom is -0.275 e. The Morgan fingerprint density at radius 1 is 1.00 bits per heavy atom. The van der Waals surface area contributed by atoms with Crippen LogP contribution in [-0.4, -0.2) is 11.2 Å². The molecule has 0 fully saturated rings. The number of anilines is 1. The average molecular weight is 351 g/mol. The minimum atomic E-state index is 0.414. The van der Waals surface area contributed by atoms with Crippen LogP contribution in [0.25, 0.3) is 10.9 Å². The van der Waals surface area contributed by atoms with Crippen LogP contribution in [0.5, 0.6) is 0 Å². The van der Waals surface area contributed by atoms with Gasteiger partial charge in [-0.2, -0.15) is 5.10 Å². The lowest BCUT2D eigenvalue weighted by Crippen LogP contribution is -1.93. The number of fused-ring (bicyclic) bond motifs is 1. The molecule has 6 heteroatoms. The van der Waals surface area contributed by atoms with Crippen LogP contribution in [0.15, 0.2) is 53.8 Å². The molecule has 110 valence electrons. The van der Waals surface area contributed by atoms with Crippen molar-refractivity contribution >= 4 is 57.6 Å². The first kappa shape index (κ1) is 15.1. The second-order valence-electron chi connectivity index (χ2n) is 4.57. The smallest absolute Gasteiger partial charge is 0.0935 e. The number of pyridine rings is 1. The van der Waals surface area contributed by atoms with Crippen LogP contribution < -0.4 is 5.43 Å². The Balaban J connectivity index is 1.82. The number of halogens is 3. The van der Waals surface area contributed by atoms with E-state index in [1.54, 1.807) is 24.5 Å². The lowest BCUT2D eigenvalue weighted by Gasteiger charge is -2.06. The topological polar surface area (TPSA) is 37.3 Å². The maximum absolute atomic E-state index is 6.08. The van der Waals surface area contributed by atoms with E-state index in [1.165, 1.54) is 0 Å². The highest BCUT2D eigenvalue weighted by Gasteiger charge is 2.06. The first-order valence-corrected chi connectivity index (χ1v) is 7.55. The molecule has 0 aliphatic rings. The number of nitrogens with one attached hydrogen (secondary N) is 1. The second-order valence-corrected chi connectivity index (χ2v) is 5.82. The van der Waals surface area contributed by atoms with E-state index in [-0.39, 0.29) is 0 Å². The fraction of sp³-hybridized carbons (Fsp3) is 0. The summed E-state index contributed by atoms with van der Waals surface area (Å²) in [5.41, 5.74) is 5.24. The van der Waals surface area contributed by atoms with Gasteiger partial charge < -0.3 is 0 Å². The Morgan fingerprint density at radius 3 is 2.55 bits per heavy atom. The third-order valence-corrected chi connectivity index (χ3v) is 3.84. The number of rotatable bonds is 3. The molecule has 22 heavy (non-hydrogen) atoms. The van der Waals surface area contributed by atoms with Crippen molar-refractivity contribution in [3.8, 4) is 0 Å². The van der Waals surface area contributed by atoms with Crippen LogP contribution in [0.4, 0.5) is 5.69 Å². The van der Waals surface area contributed by atoms with E-state index >= 15 is 0 Å². The van der Waals surface area contributed by atoms with Gasteiger partial charge in [-0.3, -0.25) is 10.4 Å². The molecular formula is C16H10Cl3N3. The van der Waals surface area contributed by atoms with Gasteiger partial charge in [-0.1, -0.05) is 46.9 Å². The molecule has 0 saturated carbocycles. The number of hydrogen-bond donors (Lipinski definition) is 1. The predicted octanol–water partition coefficient (Wildman–Crippen LogP) is 5.64. The summed E-state index contributed by atoms with van der Waals surface area (Å²) in [5, 5.41) is 6.52. The monoisotopic (exact) mass is 349 g/mol. The van der Waals surface area contributed by atoms with Crippen LogP contribution in [0, 0.1) is 0 Å². The standard InChI is InChI=1S/C16H10Cl3N3/c17-12-7-13(18)16(14(19)8-12)22-21-9-10-3-4-15-11(6-10)2-1-5-20-15/h1-9,22H. The molecule has 0 atom stereocenters. The summed E-state index contributed by atoms with van der Waals surface area (Å²) in [5.74, 6) is 0. The van der Waals surface area contributed by atoms with E-state index < -0.39 is 0 Å². The van der Waals surface area contributed by atoms with E-state index in [4.69, 9.17) is 34.8 Å². The molecule has 0 radical (unpaired) electrons. The van der Waals surface area contributed by atoms with Gasteiger partial charge >= 0.3 is 0 Å². The van der Waals surface area contributed by atoms with E-state index in [9.17, 15) is 0 Å². The predicted molar refractivity (Wildman–Crippen MR) is 94.4 cm³/mol. The normalized spacial score (nSPS) is 11.2. The Morgan fingerprint density at radius 2 is 1.77 bits per heavy atom. The zero-order valence-electron chi connectivity index (χ0n) is 11.2. The van der Waals surface area contributed by atoms with Gasteiger partial charge in [-0.15, -0.1) is 0 Å². The molecule has 0 unspecified atom stereocenters. The third-order valence-electron chi connectivity index (χ3n) is 3.02. The van der Waals surface area contributed by atoms with Gasteiger partial charge in [0.2, 0.25) is 0 Å². The number of hydrogen-bond acceptors (Lipinski definition) is 3. The van der Waals surface area contributed by atoms with Crippen molar-refractivity contribution in [2.45, 2.75) is 0 Å². The molecule has 2 aromatic carbocycles. The van der Waals surface area contributed by atoms with Gasteiger partial charge in [-0.05, 0) is 35.9 Å². The molecule has 3 rings (SSSR count). The fourth-order valence-electron chi connectivity index (χ4n) is 1.99. The Bertz CT molecular complexity index is 839. The molecule has 0 aliphatic carbocycles. The Hall–Kier alpha value is -1.81. The van der Waals surface area contributed by atoms with Gasteiger partial charge in [0.1, 0.15) is 0 Å². The molecule has 1 N–H and O–H groups in total. The van der Waals surface area contributed by atoms with Crippen molar-refractivity contribution in [3.05, 3.63) is 69.3 Å². The van der Waals surface area contributed by atoms with E-state index in [1.807, 2.05) is 30.3 Å². The maximum Gasteiger partial charge on any atom is 0.0935 e. The third kappa shape index (κ3) is 3.33. The summed E-state index contributed by atoms with van der Waals surface area (Å²) in [6, 6.07) is 13.0. The first-order chi connectivity index (χ1) is 10.6. The average Bonchev–Trinajstić information content (AvgIpc) is 2.49. The zero-order chi connectivity index (χ0) is 15.5. The quantitative estimate of drug-likeness (QED) is 0.490. The van der Waals surface area contributed by atoms with Crippen molar-refractivity contribution < 1.29 is 0 Å². The molecule has 1 heterocycles. The SMILES string of the molecule is Clc1cc(Cl)c(NN=Cc2ccc3ncccc3c2)c(Cl)c1. The van der Waals surface area contributed by atoms with Gasteiger partial charge in [0.05, 0.1) is 27.5 Å². The van der Waals surface area contributed by atoms with Crippen LogP contribution in [0.1, 0.15) is 5.56 Å². The maximum atomic E-state index is 6.08. The molecule has 3 aromatic rings. The van der Waals surface area contributed by atoms with Crippen LogP contribution in [-0.2, 0) is 0 Å². The fourth-order valence-corrected chi connectivity index (χ4v) is 2.90. The Labute approximate surface area is 142 Å². The van der Waals surface area contributed by atoms with E-state index in [0.717, 1.165) is 16.5 Å². The van der Waals surface area contributed by atoms with Crippen molar-refractivity contribution in [1.29, 1.82) is 0 Å². The van der Waals surface area contributed by atoms with Crippen LogP contribution in [0.3, 0.4) is 0 Å². The van der Waals surface area contributed by atoms with Crippen molar-refractivity contribution in [2.75, 3.05) is 5.43 Å². The highest BCUT2D eigenvalue weighted by atomic mass is 35.5. The summed E-state index contributed by atoms with van der Waals surface area (Å²) in [7, 11) is 0. The summed E-state index contributed by atoms with van der Waals surface area (Å²) >= 11 is 18.0.